The third-order valence-electron chi connectivity index (χ3n) is 3.65. The predicted octanol–water partition coefficient (Wildman–Crippen LogP) is 3.00. The third kappa shape index (κ3) is 5.50. The van der Waals surface area contributed by atoms with Crippen LogP contribution in [0.2, 0.25) is 0 Å². The van der Waals surface area contributed by atoms with Crippen molar-refractivity contribution in [2.75, 3.05) is 36.8 Å². The molecule has 0 aliphatic heterocycles. The van der Waals surface area contributed by atoms with Crippen molar-refractivity contribution in [2.24, 2.45) is 0 Å². The highest BCUT2D eigenvalue weighted by atomic mass is 15.2. The molecule has 1 aromatic rings. The van der Waals surface area contributed by atoms with E-state index in [-0.39, 0.29) is 0 Å². The van der Waals surface area contributed by atoms with Crippen molar-refractivity contribution in [1.82, 2.24) is 14.9 Å². The van der Waals surface area contributed by atoms with E-state index in [9.17, 15) is 0 Å². The summed E-state index contributed by atoms with van der Waals surface area (Å²) in [5.74, 6) is 1.93. The first-order valence-electron chi connectivity index (χ1n) is 8.22. The zero-order valence-electron chi connectivity index (χ0n) is 14.2. The number of hydrogen-bond donors (Lipinski definition) is 2. The summed E-state index contributed by atoms with van der Waals surface area (Å²) in [5, 5.41) is 6.93. The Hall–Kier alpha value is -1.36. The molecule has 0 bridgehead atoms. The van der Waals surface area contributed by atoms with Gasteiger partial charge in [0, 0.05) is 24.7 Å². The van der Waals surface area contributed by atoms with Crippen LogP contribution in [0.1, 0.15) is 46.6 Å². The van der Waals surface area contributed by atoms with E-state index in [1.807, 2.05) is 0 Å². The lowest BCUT2D eigenvalue weighted by Crippen LogP contribution is -2.35. The number of rotatable bonds is 10. The van der Waals surface area contributed by atoms with Gasteiger partial charge in [0.1, 0.15) is 18.0 Å². The Morgan fingerprint density at radius 2 is 1.76 bits per heavy atom. The number of anilines is 2. The van der Waals surface area contributed by atoms with E-state index < -0.39 is 0 Å². The molecule has 1 atom stereocenters. The van der Waals surface area contributed by atoms with Crippen LogP contribution < -0.4 is 10.6 Å². The first kappa shape index (κ1) is 17.7. The van der Waals surface area contributed by atoms with E-state index >= 15 is 0 Å². The van der Waals surface area contributed by atoms with Crippen LogP contribution in [0, 0.1) is 0 Å². The van der Waals surface area contributed by atoms with Crippen molar-refractivity contribution in [2.45, 2.75) is 53.5 Å². The maximum atomic E-state index is 4.44. The number of hydrogen-bond acceptors (Lipinski definition) is 5. The lowest BCUT2D eigenvalue weighted by atomic mass is 10.2. The van der Waals surface area contributed by atoms with Gasteiger partial charge in [-0.05, 0) is 32.9 Å². The van der Waals surface area contributed by atoms with Gasteiger partial charge in [-0.25, -0.2) is 9.97 Å². The highest BCUT2D eigenvalue weighted by molar-refractivity contribution is 5.57. The van der Waals surface area contributed by atoms with E-state index in [0.717, 1.165) is 50.7 Å². The maximum absolute atomic E-state index is 4.44. The largest absolute Gasteiger partial charge is 0.370 e. The monoisotopic (exact) mass is 293 g/mol. The molecule has 5 heteroatoms. The third-order valence-corrected chi connectivity index (χ3v) is 3.65. The van der Waals surface area contributed by atoms with Gasteiger partial charge in [-0.2, -0.15) is 0 Å². The van der Waals surface area contributed by atoms with Gasteiger partial charge >= 0.3 is 0 Å². The molecule has 0 aliphatic rings. The van der Waals surface area contributed by atoms with Gasteiger partial charge in [-0.1, -0.05) is 27.7 Å². The summed E-state index contributed by atoms with van der Waals surface area (Å²) in [6, 6.07) is 0.365. The van der Waals surface area contributed by atoms with Gasteiger partial charge in [0.25, 0.3) is 0 Å². The van der Waals surface area contributed by atoms with Gasteiger partial charge in [0.05, 0.1) is 0 Å². The molecule has 0 aromatic carbocycles. The molecular weight excluding hydrogens is 262 g/mol. The highest BCUT2D eigenvalue weighted by Crippen LogP contribution is 2.21. The molecule has 0 spiro atoms. The number of nitrogens with zero attached hydrogens (tertiary/aromatic N) is 3. The quantitative estimate of drug-likeness (QED) is 0.694. The summed E-state index contributed by atoms with van der Waals surface area (Å²) in [7, 11) is 0. The Balaban J connectivity index is 2.77. The highest BCUT2D eigenvalue weighted by Gasteiger charge is 2.13. The number of nitrogens with one attached hydrogen (secondary N) is 2. The van der Waals surface area contributed by atoms with E-state index in [1.165, 1.54) is 5.56 Å². The lowest BCUT2D eigenvalue weighted by molar-refractivity contribution is 0.294. The Morgan fingerprint density at radius 1 is 1.10 bits per heavy atom. The molecule has 0 amide bonds. The molecule has 5 nitrogen and oxygen atoms in total. The minimum absolute atomic E-state index is 0.365. The van der Waals surface area contributed by atoms with Crippen molar-refractivity contribution < 1.29 is 0 Å². The molecular formula is C16H31N5. The SMILES string of the molecule is CCCNc1ncnc(NC(C)CN(CC)CC)c1CC. The second kappa shape index (κ2) is 9.55. The van der Waals surface area contributed by atoms with Crippen LogP contribution in [0.4, 0.5) is 11.6 Å². The molecule has 1 heterocycles. The summed E-state index contributed by atoms with van der Waals surface area (Å²) >= 11 is 0. The standard InChI is InChI=1S/C16H31N5/c1-6-10-17-15-14(7-2)16(19-12-18-15)20-13(5)11-21(8-3)9-4/h12-13H,6-11H2,1-5H3,(H2,17,18,19,20). The normalized spacial score (nSPS) is 12.5. The van der Waals surface area contributed by atoms with Crippen LogP contribution in [0.15, 0.2) is 6.33 Å². The van der Waals surface area contributed by atoms with Crippen LogP contribution in [0.5, 0.6) is 0 Å². The number of aromatic nitrogens is 2. The molecule has 1 aromatic heterocycles. The zero-order chi connectivity index (χ0) is 15.7. The fraction of sp³-hybridized carbons (Fsp3) is 0.750. The minimum Gasteiger partial charge on any atom is -0.370 e. The molecule has 0 radical (unpaired) electrons. The summed E-state index contributed by atoms with van der Waals surface area (Å²) in [6.45, 7) is 15.0. The molecule has 1 rings (SSSR count). The molecule has 0 aliphatic carbocycles. The summed E-state index contributed by atoms with van der Waals surface area (Å²) < 4.78 is 0. The fourth-order valence-corrected chi connectivity index (χ4v) is 2.42. The van der Waals surface area contributed by atoms with E-state index in [4.69, 9.17) is 0 Å². The summed E-state index contributed by atoms with van der Waals surface area (Å²) in [4.78, 5) is 11.2. The predicted molar refractivity (Wildman–Crippen MR) is 91.1 cm³/mol. The number of likely N-dealkylation sites (N-methyl/N-ethyl adjacent to an activating group) is 1. The smallest absolute Gasteiger partial charge is 0.134 e. The minimum atomic E-state index is 0.365. The van der Waals surface area contributed by atoms with Crippen LogP contribution in [0.3, 0.4) is 0 Å². The van der Waals surface area contributed by atoms with Gasteiger partial charge in [-0.3, -0.25) is 0 Å². The molecule has 0 saturated carbocycles. The van der Waals surface area contributed by atoms with Crippen LogP contribution >= 0.6 is 0 Å². The van der Waals surface area contributed by atoms with Crippen LogP contribution in [0.25, 0.3) is 0 Å². The molecule has 1 unspecified atom stereocenters. The molecule has 21 heavy (non-hydrogen) atoms. The van der Waals surface area contributed by atoms with Crippen molar-refractivity contribution >= 4 is 11.6 Å². The van der Waals surface area contributed by atoms with Crippen LogP contribution in [-0.4, -0.2) is 47.1 Å². The summed E-state index contributed by atoms with van der Waals surface area (Å²) in [6.07, 6.45) is 3.66. The second-order valence-electron chi connectivity index (χ2n) is 5.36. The fourth-order valence-electron chi connectivity index (χ4n) is 2.42. The van der Waals surface area contributed by atoms with Gasteiger partial charge in [0.15, 0.2) is 0 Å². The Bertz CT molecular complexity index is 404. The molecule has 0 saturated heterocycles. The topological polar surface area (TPSA) is 53.1 Å². The average Bonchev–Trinajstić information content (AvgIpc) is 2.50. The van der Waals surface area contributed by atoms with Crippen LogP contribution in [-0.2, 0) is 6.42 Å². The van der Waals surface area contributed by atoms with E-state index in [1.54, 1.807) is 6.33 Å². The Morgan fingerprint density at radius 3 is 2.33 bits per heavy atom. The van der Waals surface area contributed by atoms with Gasteiger partial charge in [0.2, 0.25) is 0 Å². The summed E-state index contributed by atoms with van der Waals surface area (Å²) in [5.41, 5.74) is 1.18. The first-order chi connectivity index (χ1) is 10.2. The second-order valence-corrected chi connectivity index (χ2v) is 5.36. The van der Waals surface area contributed by atoms with Crippen molar-refractivity contribution in [1.29, 1.82) is 0 Å². The maximum Gasteiger partial charge on any atom is 0.134 e. The van der Waals surface area contributed by atoms with Gasteiger partial charge < -0.3 is 15.5 Å². The zero-order valence-corrected chi connectivity index (χ0v) is 14.2. The van der Waals surface area contributed by atoms with E-state index in [0.29, 0.717) is 6.04 Å². The van der Waals surface area contributed by atoms with Crippen molar-refractivity contribution in [3.63, 3.8) is 0 Å². The Labute approximate surface area is 129 Å². The average molecular weight is 293 g/mol. The van der Waals surface area contributed by atoms with Crippen molar-refractivity contribution in [3.8, 4) is 0 Å². The van der Waals surface area contributed by atoms with Gasteiger partial charge in [-0.15, -0.1) is 0 Å². The Kier molecular flexibility index (Phi) is 8.05. The van der Waals surface area contributed by atoms with Crippen molar-refractivity contribution in [3.05, 3.63) is 11.9 Å². The molecule has 120 valence electrons. The molecule has 2 N–H and O–H groups in total. The lowest BCUT2D eigenvalue weighted by Gasteiger charge is -2.24. The van der Waals surface area contributed by atoms with E-state index in [2.05, 4.69) is 60.1 Å². The first-order valence-corrected chi connectivity index (χ1v) is 8.22. The molecule has 0 fully saturated rings.